The molecule has 12 heteroatoms. The smallest absolute Gasteiger partial charge is 0.389 e. The number of hydrogen-bond acceptors (Lipinski definition) is 8. The maximum absolute atomic E-state index is 15.3. The molecule has 198 valence electrons. The highest BCUT2D eigenvalue weighted by Crippen LogP contribution is 2.40. The molecule has 2 fully saturated rings. The molecule has 1 unspecified atom stereocenters. The molecule has 0 bridgehead atoms. The fourth-order valence-corrected chi connectivity index (χ4v) is 4.98. The molecule has 0 amide bonds. The zero-order chi connectivity index (χ0) is 25.8. The number of Topliss-reactive ketones (excluding diaryl/α,β-unsaturated/α-hetero) is 1. The maximum Gasteiger partial charge on any atom is 0.391 e. The molecule has 1 aliphatic carbocycles. The van der Waals surface area contributed by atoms with E-state index in [9.17, 15) is 28.2 Å². The third-order valence-corrected chi connectivity index (χ3v) is 7.16. The second-order valence-corrected chi connectivity index (χ2v) is 9.82. The fourth-order valence-electron chi connectivity index (χ4n) is 4.98. The van der Waals surface area contributed by atoms with Crippen LogP contribution in [0.15, 0.2) is 6.33 Å². The molecule has 1 saturated heterocycles. The van der Waals surface area contributed by atoms with Crippen LogP contribution in [0.25, 0.3) is 0 Å². The molecule has 0 aromatic carbocycles. The van der Waals surface area contributed by atoms with Gasteiger partial charge in [-0.1, -0.05) is 0 Å². The lowest BCUT2D eigenvalue weighted by atomic mass is 9.81. The predicted molar refractivity (Wildman–Crippen MR) is 123 cm³/mol. The number of ketones is 1. The van der Waals surface area contributed by atoms with Crippen molar-refractivity contribution in [2.75, 3.05) is 49.5 Å². The van der Waals surface area contributed by atoms with E-state index in [-0.39, 0.29) is 62.2 Å². The van der Waals surface area contributed by atoms with E-state index < -0.39 is 29.6 Å². The number of piperidine rings is 1. The van der Waals surface area contributed by atoms with Crippen LogP contribution in [0.3, 0.4) is 0 Å². The topological polar surface area (TPSA) is 102 Å². The van der Waals surface area contributed by atoms with Crippen LogP contribution in [0.5, 0.6) is 0 Å². The minimum absolute atomic E-state index is 0.00960. The summed E-state index contributed by atoms with van der Waals surface area (Å²) >= 11 is 0. The summed E-state index contributed by atoms with van der Waals surface area (Å²) < 4.78 is 54.2. The second-order valence-electron chi connectivity index (χ2n) is 9.82. The SMILES string of the molecule is CCN(CC1CCC(C(F)(F)F)CC1)c1ncnc(NCC2(O)CCN(CC(C)=O)C[C@H]2O)c1F. The molecule has 2 heterocycles. The summed E-state index contributed by atoms with van der Waals surface area (Å²) in [5.74, 6) is -2.09. The van der Waals surface area contributed by atoms with E-state index >= 15 is 4.39 Å². The summed E-state index contributed by atoms with van der Waals surface area (Å²) in [6, 6.07) is 0. The highest BCUT2D eigenvalue weighted by Gasteiger charge is 2.42. The van der Waals surface area contributed by atoms with Crippen LogP contribution in [-0.2, 0) is 4.79 Å². The average Bonchev–Trinajstić information content (AvgIpc) is 2.79. The molecule has 35 heavy (non-hydrogen) atoms. The third kappa shape index (κ3) is 7.01. The zero-order valence-electron chi connectivity index (χ0n) is 20.2. The molecular weight excluding hydrogens is 470 g/mol. The van der Waals surface area contributed by atoms with E-state index in [0.29, 0.717) is 32.5 Å². The number of anilines is 2. The summed E-state index contributed by atoms with van der Waals surface area (Å²) in [5, 5.41) is 24.1. The Morgan fingerprint density at radius 1 is 1.29 bits per heavy atom. The van der Waals surface area contributed by atoms with Crippen LogP contribution in [0.1, 0.15) is 46.0 Å². The highest BCUT2D eigenvalue weighted by atomic mass is 19.4. The Balaban J connectivity index is 1.61. The number of nitrogens with zero attached hydrogens (tertiary/aromatic N) is 4. The van der Waals surface area contributed by atoms with E-state index in [1.54, 1.807) is 9.80 Å². The minimum Gasteiger partial charge on any atom is -0.389 e. The maximum atomic E-state index is 15.3. The summed E-state index contributed by atoms with van der Waals surface area (Å²) in [4.78, 5) is 22.8. The lowest BCUT2D eigenvalue weighted by molar-refractivity contribution is -0.183. The molecule has 0 spiro atoms. The molecule has 3 rings (SSSR count). The van der Waals surface area contributed by atoms with Gasteiger partial charge in [0.1, 0.15) is 17.7 Å². The number of alkyl halides is 3. The summed E-state index contributed by atoms with van der Waals surface area (Å²) in [6.07, 6.45) is -2.92. The number of likely N-dealkylation sites (tertiary alicyclic amines) is 1. The molecule has 1 aromatic rings. The van der Waals surface area contributed by atoms with Gasteiger partial charge in [-0.15, -0.1) is 0 Å². The molecule has 3 N–H and O–H groups in total. The van der Waals surface area contributed by atoms with Gasteiger partial charge < -0.3 is 20.4 Å². The fraction of sp³-hybridized carbons (Fsp3) is 0.783. The zero-order valence-corrected chi connectivity index (χ0v) is 20.2. The summed E-state index contributed by atoms with van der Waals surface area (Å²) in [5.41, 5.74) is -1.52. The number of halogens is 4. The van der Waals surface area contributed by atoms with E-state index in [2.05, 4.69) is 15.3 Å². The van der Waals surface area contributed by atoms with Crippen molar-refractivity contribution in [1.29, 1.82) is 0 Å². The minimum atomic E-state index is -4.17. The van der Waals surface area contributed by atoms with Crippen molar-refractivity contribution in [3.8, 4) is 0 Å². The van der Waals surface area contributed by atoms with E-state index in [1.165, 1.54) is 13.3 Å². The van der Waals surface area contributed by atoms with E-state index in [0.717, 1.165) is 0 Å². The largest absolute Gasteiger partial charge is 0.391 e. The van der Waals surface area contributed by atoms with Gasteiger partial charge in [0, 0.05) is 32.7 Å². The van der Waals surface area contributed by atoms with Crippen LogP contribution < -0.4 is 10.2 Å². The van der Waals surface area contributed by atoms with Gasteiger partial charge in [0.05, 0.1) is 18.6 Å². The van der Waals surface area contributed by atoms with Gasteiger partial charge in [0.25, 0.3) is 0 Å². The molecule has 8 nitrogen and oxygen atoms in total. The number of hydrogen-bond donors (Lipinski definition) is 3. The van der Waals surface area contributed by atoms with Gasteiger partial charge in [0.2, 0.25) is 5.82 Å². The van der Waals surface area contributed by atoms with E-state index in [1.807, 2.05) is 6.92 Å². The second kappa shape index (κ2) is 11.3. The van der Waals surface area contributed by atoms with Gasteiger partial charge in [-0.2, -0.15) is 17.6 Å². The average molecular weight is 506 g/mol. The molecule has 2 atom stereocenters. The van der Waals surface area contributed by atoms with Crippen molar-refractivity contribution in [3.63, 3.8) is 0 Å². The van der Waals surface area contributed by atoms with Crippen molar-refractivity contribution in [3.05, 3.63) is 12.1 Å². The van der Waals surface area contributed by atoms with Crippen molar-refractivity contribution >= 4 is 17.4 Å². The first-order valence-corrected chi connectivity index (χ1v) is 12.1. The molecule has 1 saturated carbocycles. The Kier molecular flexibility index (Phi) is 8.92. The Morgan fingerprint density at radius 3 is 2.54 bits per heavy atom. The lowest BCUT2D eigenvalue weighted by Crippen LogP contribution is -2.59. The Morgan fingerprint density at radius 2 is 1.97 bits per heavy atom. The van der Waals surface area contributed by atoms with Crippen molar-refractivity contribution in [2.45, 2.75) is 63.8 Å². The first-order valence-electron chi connectivity index (χ1n) is 12.1. The summed E-state index contributed by atoms with van der Waals surface area (Å²) in [6.45, 7) is 4.66. The van der Waals surface area contributed by atoms with E-state index in [4.69, 9.17) is 0 Å². The number of aliphatic hydroxyl groups excluding tert-OH is 1. The molecule has 1 aromatic heterocycles. The van der Waals surface area contributed by atoms with Crippen molar-refractivity contribution in [1.82, 2.24) is 14.9 Å². The lowest BCUT2D eigenvalue weighted by Gasteiger charge is -2.42. The van der Waals surface area contributed by atoms with Crippen molar-refractivity contribution in [2.24, 2.45) is 11.8 Å². The van der Waals surface area contributed by atoms with Gasteiger partial charge in [-0.25, -0.2) is 9.97 Å². The van der Waals surface area contributed by atoms with Gasteiger partial charge in [-0.3, -0.25) is 9.69 Å². The van der Waals surface area contributed by atoms with Crippen LogP contribution >= 0.6 is 0 Å². The third-order valence-electron chi connectivity index (χ3n) is 7.16. The van der Waals surface area contributed by atoms with Gasteiger partial charge >= 0.3 is 6.18 Å². The summed E-state index contributed by atoms with van der Waals surface area (Å²) in [7, 11) is 0. The van der Waals surface area contributed by atoms with Gasteiger partial charge in [-0.05, 0) is 51.9 Å². The number of β-amino-alcohol motifs (C(OH)–C–C–N with tert-alkyl or cyclic N) is 1. The normalized spacial score (nSPS) is 28.1. The standard InChI is InChI=1S/C23H35F4N5O3/c1-3-32(11-16-4-6-17(7-5-16)23(25,26)27)21-19(24)20(29-14-30-21)28-13-22(35)8-9-31(10-15(2)33)12-18(22)34/h14,16-18,34-35H,3-13H2,1-2H3,(H,28,29,30)/t16?,17?,18-,22?/m1/s1. The Labute approximate surface area is 202 Å². The first-order chi connectivity index (χ1) is 16.4. The van der Waals surface area contributed by atoms with Crippen LogP contribution in [0, 0.1) is 17.7 Å². The molecule has 1 aliphatic heterocycles. The van der Waals surface area contributed by atoms with Crippen molar-refractivity contribution < 1.29 is 32.6 Å². The van der Waals surface area contributed by atoms with Crippen LogP contribution in [0.2, 0.25) is 0 Å². The number of carbonyl (C=O) groups is 1. The van der Waals surface area contributed by atoms with Crippen LogP contribution in [0.4, 0.5) is 29.2 Å². The number of aromatic nitrogens is 2. The number of aliphatic hydroxyl groups is 2. The first kappa shape index (κ1) is 27.5. The van der Waals surface area contributed by atoms with Crippen LogP contribution in [-0.4, -0.2) is 88.0 Å². The van der Waals surface area contributed by atoms with Gasteiger partial charge in [0.15, 0.2) is 11.6 Å². The Bertz CT molecular complexity index is 866. The highest BCUT2D eigenvalue weighted by molar-refractivity contribution is 5.77. The molecular formula is C23H35F4N5O3. The molecule has 0 radical (unpaired) electrons. The molecule has 2 aliphatic rings. The predicted octanol–water partition coefficient (Wildman–Crippen LogP) is 2.61. The quantitative estimate of drug-likeness (QED) is 0.441. The Hall–Kier alpha value is -2.05. The monoisotopic (exact) mass is 505 g/mol. The number of carbonyl (C=O) groups excluding carboxylic acids is 1. The number of rotatable bonds is 9. The number of nitrogens with one attached hydrogen (secondary N) is 1.